The van der Waals surface area contributed by atoms with Gasteiger partial charge in [-0.25, -0.2) is 14.5 Å². The third kappa shape index (κ3) is 3.30. The third-order valence-corrected chi connectivity index (χ3v) is 6.80. The molecule has 6 nitrogen and oxygen atoms in total. The summed E-state index contributed by atoms with van der Waals surface area (Å²) in [7, 11) is 1.68. The predicted molar refractivity (Wildman–Crippen MR) is 138 cm³/mol. The molecule has 0 saturated carbocycles. The van der Waals surface area contributed by atoms with Gasteiger partial charge in [-0.3, -0.25) is 0 Å². The Morgan fingerprint density at radius 3 is 2.50 bits per heavy atom. The first kappa shape index (κ1) is 20.6. The summed E-state index contributed by atoms with van der Waals surface area (Å²) < 4.78 is 13.6. The van der Waals surface area contributed by atoms with Crippen molar-refractivity contribution in [2.24, 2.45) is 0 Å². The summed E-state index contributed by atoms with van der Waals surface area (Å²) >= 11 is 0. The zero-order chi connectivity index (χ0) is 24.1. The molecule has 0 saturated heterocycles. The first-order chi connectivity index (χ1) is 17.8. The van der Waals surface area contributed by atoms with Gasteiger partial charge in [-0.15, -0.1) is 5.10 Å². The molecule has 4 aromatic carbocycles. The van der Waals surface area contributed by atoms with E-state index in [9.17, 15) is 0 Å². The van der Waals surface area contributed by atoms with Gasteiger partial charge in [0.25, 0.3) is 0 Å². The molecule has 0 bridgehead atoms. The van der Waals surface area contributed by atoms with Crippen LogP contribution in [0.2, 0.25) is 0 Å². The molecule has 0 aliphatic carbocycles. The van der Waals surface area contributed by atoms with Crippen molar-refractivity contribution >= 4 is 16.4 Å². The van der Waals surface area contributed by atoms with Gasteiger partial charge in [-0.1, -0.05) is 72.8 Å². The van der Waals surface area contributed by atoms with E-state index in [-0.39, 0.29) is 5.92 Å². The Kier molecular flexibility index (Phi) is 4.70. The molecule has 1 atom stereocenters. The van der Waals surface area contributed by atoms with E-state index in [1.807, 2.05) is 36.4 Å². The summed E-state index contributed by atoms with van der Waals surface area (Å²) in [6.07, 6.45) is 2.33. The molecule has 36 heavy (non-hydrogen) atoms. The van der Waals surface area contributed by atoms with Gasteiger partial charge in [-0.2, -0.15) is 0 Å². The van der Waals surface area contributed by atoms with Crippen LogP contribution in [0.1, 0.15) is 34.0 Å². The highest BCUT2D eigenvalue weighted by Crippen LogP contribution is 2.50. The van der Waals surface area contributed by atoms with Gasteiger partial charge in [0.05, 0.1) is 12.7 Å². The minimum atomic E-state index is -0.134. The highest BCUT2D eigenvalue weighted by Gasteiger charge is 2.34. The van der Waals surface area contributed by atoms with Crippen molar-refractivity contribution < 1.29 is 9.47 Å². The van der Waals surface area contributed by atoms with Crippen LogP contribution in [-0.4, -0.2) is 26.7 Å². The molecule has 0 amide bonds. The van der Waals surface area contributed by atoms with E-state index < -0.39 is 0 Å². The number of fused-ring (bicyclic) bond motifs is 6. The molecule has 174 valence electrons. The summed E-state index contributed by atoms with van der Waals surface area (Å²) in [4.78, 5) is 9.66. The molecule has 0 N–H and O–H groups in total. The molecule has 1 aliphatic heterocycles. The maximum atomic E-state index is 6.40. The lowest BCUT2D eigenvalue weighted by atomic mass is 9.81. The van der Waals surface area contributed by atoms with Crippen LogP contribution >= 0.6 is 0 Å². The normalized spacial score (nSPS) is 14.3. The summed E-state index contributed by atoms with van der Waals surface area (Å²) in [5.74, 6) is 2.79. The number of rotatable bonds is 4. The lowest BCUT2D eigenvalue weighted by Gasteiger charge is -2.29. The second kappa shape index (κ2) is 8.20. The van der Waals surface area contributed by atoms with Gasteiger partial charge < -0.3 is 9.47 Å². The maximum absolute atomic E-state index is 6.40. The van der Waals surface area contributed by atoms with Crippen LogP contribution in [0.5, 0.6) is 17.4 Å². The van der Waals surface area contributed by atoms with E-state index in [0.29, 0.717) is 12.3 Å². The summed E-state index contributed by atoms with van der Waals surface area (Å²) in [5.41, 5.74) is 5.05. The molecule has 7 rings (SSSR count). The SMILES string of the molecule is COc1ccc([C@@H]2c3c(ccc4ccccc34)Oc3ncn4nc(Cc5ccccc5)nc4c32)cc1. The molecule has 6 heteroatoms. The van der Waals surface area contributed by atoms with Gasteiger partial charge in [0, 0.05) is 17.9 Å². The first-order valence-electron chi connectivity index (χ1n) is 11.9. The van der Waals surface area contributed by atoms with Crippen molar-refractivity contribution in [2.45, 2.75) is 12.3 Å². The fourth-order valence-corrected chi connectivity index (χ4v) is 5.13. The molecule has 6 aromatic rings. The Morgan fingerprint density at radius 2 is 1.67 bits per heavy atom. The van der Waals surface area contributed by atoms with Crippen molar-refractivity contribution in [3.05, 3.63) is 125 Å². The molecular weight excluding hydrogens is 448 g/mol. The molecule has 0 spiro atoms. The Morgan fingerprint density at radius 1 is 0.861 bits per heavy atom. The summed E-state index contributed by atoms with van der Waals surface area (Å²) in [6, 6.07) is 31.0. The molecule has 3 heterocycles. The topological polar surface area (TPSA) is 61.5 Å². The van der Waals surface area contributed by atoms with E-state index >= 15 is 0 Å². The Labute approximate surface area is 207 Å². The van der Waals surface area contributed by atoms with E-state index in [0.717, 1.165) is 56.0 Å². The number of nitrogens with zero attached hydrogens (tertiary/aromatic N) is 4. The molecule has 2 aromatic heterocycles. The van der Waals surface area contributed by atoms with Gasteiger partial charge in [0.2, 0.25) is 5.88 Å². The highest BCUT2D eigenvalue weighted by molar-refractivity contribution is 5.90. The van der Waals surface area contributed by atoms with Gasteiger partial charge in [-0.05, 0) is 40.1 Å². The van der Waals surface area contributed by atoms with Crippen molar-refractivity contribution in [3.63, 3.8) is 0 Å². The monoisotopic (exact) mass is 470 g/mol. The van der Waals surface area contributed by atoms with Crippen molar-refractivity contribution in [2.75, 3.05) is 7.11 Å². The quantitative estimate of drug-likeness (QED) is 0.308. The highest BCUT2D eigenvalue weighted by atomic mass is 16.5. The lowest BCUT2D eigenvalue weighted by molar-refractivity contribution is 0.414. The number of aromatic nitrogens is 4. The van der Waals surface area contributed by atoms with E-state index in [1.165, 1.54) is 0 Å². The molecular formula is C30H22N4O2. The van der Waals surface area contributed by atoms with E-state index in [1.54, 1.807) is 18.0 Å². The lowest BCUT2D eigenvalue weighted by Crippen LogP contribution is -2.15. The smallest absolute Gasteiger partial charge is 0.228 e. The summed E-state index contributed by atoms with van der Waals surface area (Å²) in [6.45, 7) is 0. The predicted octanol–water partition coefficient (Wildman–Crippen LogP) is 6.16. The minimum Gasteiger partial charge on any atom is -0.497 e. The van der Waals surface area contributed by atoms with Crippen LogP contribution < -0.4 is 9.47 Å². The Balaban J connectivity index is 1.47. The molecule has 0 fully saturated rings. The van der Waals surface area contributed by atoms with E-state index in [4.69, 9.17) is 19.6 Å². The van der Waals surface area contributed by atoms with Crippen molar-refractivity contribution in [1.29, 1.82) is 0 Å². The average molecular weight is 471 g/mol. The number of ether oxygens (including phenoxy) is 2. The van der Waals surface area contributed by atoms with E-state index in [2.05, 4.69) is 59.6 Å². The Hall–Kier alpha value is -4.71. The number of hydrogen-bond donors (Lipinski definition) is 0. The van der Waals surface area contributed by atoms with Gasteiger partial charge in [0.1, 0.15) is 17.8 Å². The second-order valence-electron chi connectivity index (χ2n) is 8.93. The maximum Gasteiger partial charge on any atom is 0.228 e. The number of benzene rings is 4. The fraction of sp³-hybridized carbons (Fsp3) is 0.100. The van der Waals surface area contributed by atoms with Crippen molar-refractivity contribution in [1.82, 2.24) is 19.6 Å². The molecule has 0 unspecified atom stereocenters. The zero-order valence-electron chi connectivity index (χ0n) is 19.6. The molecule has 1 aliphatic rings. The summed E-state index contributed by atoms with van der Waals surface area (Å²) in [5, 5.41) is 7.06. The molecule has 0 radical (unpaired) electrons. The van der Waals surface area contributed by atoms with Crippen LogP contribution in [-0.2, 0) is 6.42 Å². The van der Waals surface area contributed by atoms with Gasteiger partial charge >= 0.3 is 0 Å². The van der Waals surface area contributed by atoms with Crippen LogP contribution in [0.25, 0.3) is 16.4 Å². The zero-order valence-corrected chi connectivity index (χ0v) is 19.6. The third-order valence-electron chi connectivity index (χ3n) is 6.80. The largest absolute Gasteiger partial charge is 0.497 e. The van der Waals surface area contributed by atoms with Crippen molar-refractivity contribution in [3.8, 4) is 17.4 Å². The van der Waals surface area contributed by atoms with Crippen LogP contribution in [0.4, 0.5) is 0 Å². The first-order valence-corrected chi connectivity index (χ1v) is 11.9. The Bertz CT molecular complexity index is 1730. The standard InChI is InChI=1S/C30H22N4O2/c1-35-22-14-11-21(12-15-22)26-27-23-10-6-5-9-20(23)13-16-24(27)36-30-28(26)29-32-25(33-34(29)18-31-30)17-19-7-3-2-4-8-19/h2-16,18,26H,17H2,1H3/t26-/m1/s1. The van der Waals surface area contributed by atoms with Crippen LogP contribution in [0, 0.1) is 0 Å². The number of hydrogen-bond acceptors (Lipinski definition) is 5. The van der Waals surface area contributed by atoms with Gasteiger partial charge in [0.15, 0.2) is 11.5 Å². The average Bonchev–Trinajstić information content (AvgIpc) is 3.35. The number of methoxy groups -OCH3 is 1. The van der Waals surface area contributed by atoms with Crippen LogP contribution in [0.15, 0.2) is 97.3 Å². The van der Waals surface area contributed by atoms with Crippen LogP contribution in [0.3, 0.4) is 0 Å². The fourth-order valence-electron chi connectivity index (χ4n) is 5.13. The second-order valence-corrected chi connectivity index (χ2v) is 8.93. The minimum absolute atomic E-state index is 0.134.